The van der Waals surface area contributed by atoms with E-state index >= 15 is 0 Å². The Morgan fingerprint density at radius 1 is 1.04 bits per heavy atom. The Bertz CT molecular complexity index is 865. The van der Waals surface area contributed by atoms with Crippen LogP contribution in [0.3, 0.4) is 0 Å². The van der Waals surface area contributed by atoms with Crippen molar-refractivity contribution in [2.24, 2.45) is 0 Å². The summed E-state index contributed by atoms with van der Waals surface area (Å²) < 4.78 is 23.2. The van der Waals surface area contributed by atoms with Crippen LogP contribution in [-0.2, 0) is 9.47 Å². The highest BCUT2D eigenvalue weighted by atomic mass is 19.1. The van der Waals surface area contributed by atoms with Gasteiger partial charge in [-0.3, -0.25) is 0 Å². The van der Waals surface area contributed by atoms with Crippen LogP contribution in [-0.4, -0.2) is 31.1 Å². The van der Waals surface area contributed by atoms with Crippen LogP contribution >= 0.6 is 0 Å². The molecule has 0 saturated carbocycles. The van der Waals surface area contributed by atoms with Crippen molar-refractivity contribution in [1.29, 1.82) is 0 Å². The van der Waals surface area contributed by atoms with Crippen LogP contribution in [0.2, 0.25) is 0 Å². The van der Waals surface area contributed by atoms with Gasteiger partial charge in [0.25, 0.3) is 0 Å². The molecule has 2 aromatic rings. The molecule has 8 heteroatoms. The summed E-state index contributed by atoms with van der Waals surface area (Å²) in [6, 6.07) is 3.82. The van der Waals surface area contributed by atoms with E-state index in [-0.39, 0.29) is 28.2 Å². The summed E-state index contributed by atoms with van der Waals surface area (Å²) in [7, 11) is 2.41. The molecule has 0 radical (unpaired) electrons. The number of esters is 2. The lowest BCUT2D eigenvalue weighted by Gasteiger charge is -2.06. The van der Waals surface area contributed by atoms with Crippen LogP contribution in [0.1, 0.15) is 32.0 Å². The summed E-state index contributed by atoms with van der Waals surface area (Å²) in [6.07, 6.45) is 4.38. The molecule has 1 heterocycles. The minimum Gasteiger partial charge on any atom is -0.465 e. The molecule has 0 amide bonds. The number of hydrogen-bond acceptors (Lipinski definition) is 7. The molecule has 0 atom stereocenters. The van der Waals surface area contributed by atoms with Gasteiger partial charge in [-0.2, -0.15) is 0 Å². The number of nitrogens with two attached hydrogens (primary N) is 2. The van der Waals surface area contributed by atoms with Crippen molar-refractivity contribution >= 4 is 35.5 Å². The zero-order valence-electron chi connectivity index (χ0n) is 13.6. The van der Waals surface area contributed by atoms with E-state index in [1.165, 1.54) is 38.6 Å². The van der Waals surface area contributed by atoms with Crippen molar-refractivity contribution in [2.75, 3.05) is 25.7 Å². The molecular formula is C17H16FN3O4. The van der Waals surface area contributed by atoms with Gasteiger partial charge in [-0.25, -0.2) is 19.0 Å². The van der Waals surface area contributed by atoms with Gasteiger partial charge in [-0.1, -0.05) is 12.2 Å². The first-order valence-electron chi connectivity index (χ1n) is 7.06. The van der Waals surface area contributed by atoms with E-state index in [1.807, 2.05) is 0 Å². The number of nitrogens with zero attached hydrogens (tertiary/aromatic N) is 1. The van der Waals surface area contributed by atoms with Crippen LogP contribution in [0.15, 0.2) is 24.4 Å². The lowest BCUT2D eigenvalue weighted by Crippen LogP contribution is -2.08. The molecule has 1 aromatic heterocycles. The van der Waals surface area contributed by atoms with E-state index in [1.54, 1.807) is 6.08 Å². The molecule has 0 fully saturated rings. The van der Waals surface area contributed by atoms with Crippen molar-refractivity contribution in [2.45, 2.75) is 0 Å². The van der Waals surface area contributed by atoms with Gasteiger partial charge in [0.1, 0.15) is 5.82 Å². The molecule has 25 heavy (non-hydrogen) atoms. The molecule has 0 bridgehead atoms. The van der Waals surface area contributed by atoms with Crippen LogP contribution in [0, 0.1) is 5.82 Å². The lowest BCUT2D eigenvalue weighted by atomic mass is 10.1. The van der Waals surface area contributed by atoms with Gasteiger partial charge in [0.05, 0.1) is 25.5 Å². The number of ether oxygens (including phenoxy) is 2. The van der Waals surface area contributed by atoms with Crippen molar-refractivity contribution in [1.82, 2.24) is 4.98 Å². The molecular weight excluding hydrogens is 329 g/mol. The molecule has 0 aliphatic carbocycles. The van der Waals surface area contributed by atoms with Crippen molar-refractivity contribution in [3.63, 3.8) is 0 Å². The SMILES string of the molecule is COC(=O)c1cc(F)c(/C=C/c2cnc(C(=O)OC)c(N)c2)cc1N. The molecule has 4 N–H and O–H groups in total. The number of methoxy groups -OCH3 is 2. The fraction of sp³-hybridized carbons (Fsp3) is 0.118. The van der Waals surface area contributed by atoms with Gasteiger partial charge in [0, 0.05) is 17.4 Å². The molecule has 0 spiro atoms. The van der Waals surface area contributed by atoms with Gasteiger partial charge in [0.15, 0.2) is 5.69 Å². The van der Waals surface area contributed by atoms with Crippen LogP contribution in [0.5, 0.6) is 0 Å². The number of aromatic nitrogens is 1. The first kappa shape index (κ1) is 17.9. The Morgan fingerprint density at radius 3 is 2.32 bits per heavy atom. The van der Waals surface area contributed by atoms with Crippen LogP contribution in [0.4, 0.5) is 15.8 Å². The number of benzene rings is 1. The summed E-state index contributed by atoms with van der Waals surface area (Å²) in [4.78, 5) is 26.8. The maximum Gasteiger partial charge on any atom is 0.358 e. The second kappa shape index (κ2) is 7.43. The number of halogens is 1. The largest absolute Gasteiger partial charge is 0.465 e. The smallest absolute Gasteiger partial charge is 0.358 e. The minimum atomic E-state index is -0.720. The van der Waals surface area contributed by atoms with E-state index < -0.39 is 17.8 Å². The predicted octanol–water partition coefficient (Wildman–Crippen LogP) is 2.13. The van der Waals surface area contributed by atoms with Crippen molar-refractivity contribution in [3.8, 4) is 0 Å². The van der Waals surface area contributed by atoms with Gasteiger partial charge >= 0.3 is 11.9 Å². The highest BCUT2D eigenvalue weighted by Gasteiger charge is 2.14. The molecule has 1 aromatic carbocycles. The molecule has 0 unspecified atom stereocenters. The number of carbonyl (C=O) groups excluding carboxylic acids is 2. The average Bonchev–Trinajstić information content (AvgIpc) is 2.60. The Hall–Kier alpha value is -3.42. The standard InChI is InChI=1S/C17H16FN3O4/c1-24-16(22)11-7-12(18)10(6-13(11)19)4-3-9-5-14(20)15(21-8-9)17(23)25-2/h3-8H,19-20H2,1-2H3/b4-3+. The second-order valence-electron chi connectivity index (χ2n) is 4.98. The Labute approximate surface area is 143 Å². The van der Waals surface area contributed by atoms with E-state index in [9.17, 15) is 14.0 Å². The average molecular weight is 345 g/mol. The lowest BCUT2D eigenvalue weighted by molar-refractivity contribution is 0.0589. The predicted molar refractivity (Wildman–Crippen MR) is 91.1 cm³/mol. The highest BCUT2D eigenvalue weighted by molar-refractivity contribution is 5.96. The van der Waals surface area contributed by atoms with Gasteiger partial charge in [-0.05, 0) is 23.8 Å². The third-order valence-electron chi connectivity index (χ3n) is 3.35. The van der Waals surface area contributed by atoms with E-state index in [0.29, 0.717) is 5.56 Å². The van der Waals surface area contributed by atoms with Crippen LogP contribution in [0.25, 0.3) is 12.2 Å². The number of rotatable bonds is 4. The zero-order valence-corrected chi connectivity index (χ0v) is 13.6. The molecule has 130 valence electrons. The maximum atomic E-state index is 14.1. The zero-order chi connectivity index (χ0) is 18.6. The third kappa shape index (κ3) is 3.92. The van der Waals surface area contributed by atoms with Crippen LogP contribution < -0.4 is 11.5 Å². The van der Waals surface area contributed by atoms with Crippen molar-refractivity contribution < 1.29 is 23.5 Å². The van der Waals surface area contributed by atoms with E-state index in [4.69, 9.17) is 11.5 Å². The summed E-state index contributed by atoms with van der Waals surface area (Å²) in [5.74, 6) is -2.01. The number of anilines is 2. The number of pyridine rings is 1. The normalized spacial score (nSPS) is 10.7. The van der Waals surface area contributed by atoms with E-state index in [0.717, 1.165) is 6.07 Å². The van der Waals surface area contributed by atoms with Crippen molar-refractivity contribution in [3.05, 3.63) is 52.6 Å². The molecule has 0 aliphatic rings. The van der Waals surface area contributed by atoms with E-state index in [2.05, 4.69) is 14.5 Å². The molecule has 2 rings (SSSR count). The minimum absolute atomic E-state index is 0.00231. The summed E-state index contributed by atoms with van der Waals surface area (Å²) in [6.45, 7) is 0. The fourth-order valence-corrected chi connectivity index (χ4v) is 2.07. The summed E-state index contributed by atoms with van der Waals surface area (Å²) >= 11 is 0. The topological polar surface area (TPSA) is 118 Å². The first-order valence-corrected chi connectivity index (χ1v) is 7.06. The van der Waals surface area contributed by atoms with Gasteiger partial charge in [-0.15, -0.1) is 0 Å². The molecule has 0 aliphatic heterocycles. The Balaban J connectivity index is 2.31. The fourth-order valence-electron chi connectivity index (χ4n) is 2.07. The number of hydrogen-bond donors (Lipinski definition) is 2. The monoisotopic (exact) mass is 345 g/mol. The van der Waals surface area contributed by atoms with Gasteiger partial charge < -0.3 is 20.9 Å². The third-order valence-corrected chi connectivity index (χ3v) is 3.35. The molecule has 0 saturated heterocycles. The van der Waals surface area contributed by atoms with Gasteiger partial charge in [0.2, 0.25) is 0 Å². The molecule has 7 nitrogen and oxygen atoms in total. The summed E-state index contributed by atoms with van der Waals surface area (Å²) in [5, 5.41) is 0. The highest BCUT2D eigenvalue weighted by Crippen LogP contribution is 2.21. The quantitative estimate of drug-likeness (QED) is 0.644. The first-order chi connectivity index (χ1) is 11.9. The Morgan fingerprint density at radius 2 is 1.72 bits per heavy atom. The summed E-state index contributed by atoms with van der Waals surface area (Å²) in [5.41, 5.74) is 12.4. The number of carbonyl (C=O) groups is 2. The maximum absolute atomic E-state index is 14.1. The second-order valence-corrected chi connectivity index (χ2v) is 4.98. The number of nitrogen functional groups attached to an aromatic ring is 2. The Kier molecular flexibility index (Phi) is 5.33.